The van der Waals surface area contributed by atoms with Crippen LogP contribution in [0.3, 0.4) is 0 Å². The lowest BCUT2D eigenvalue weighted by Crippen LogP contribution is -2.41. The second-order valence-electron chi connectivity index (χ2n) is 9.67. The number of carbonyl (C=O) groups is 1. The third kappa shape index (κ3) is 6.01. The number of para-hydroxylation sites is 1. The van der Waals surface area contributed by atoms with Crippen LogP contribution >= 0.6 is 0 Å². The predicted molar refractivity (Wildman–Crippen MR) is 144 cm³/mol. The van der Waals surface area contributed by atoms with E-state index in [0.29, 0.717) is 6.61 Å². The molecule has 4 nitrogen and oxygen atoms in total. The van der Waals surface area contributed by atoms with Gasteiger partial charge in [-0.3, -0.25) is 4.79 Å². The normalized spacial score (nSPS) is 11.6. The van der Waals surface area contributed by atoms with Gasteiger partial charge >= 0.3 is 0 Å². The maximum absolute atomic E-state index is 13.5. The molecule has 0 radical (unpaired) electrons. The number of nitrogens with zero attached hydrogens (tertiary/aromatic N) is 1. The van der Waals surface area contributed by atoms with Crippen LogP contribution in [-0.4, -0.2) is 17.1 Å². The smallest absolute Gasteiger partial charge is 0.254 e. The molecule has 4 heteroatoms. The van der Waals surface area contributed by atoms with E-state index in [1.54, 1.807) is 0 Å². The highest BCUT2D eigenvalue weighted by atomic mass is 16.5. The number of hydrogen-bond acceptors (Lipinski definition) is 2. The SMILES string of the molecule is Cc1c(C(=O)NC(C)(C)c2ccccc2)c2ccccc2n1CCCCCOCc1ccccc1. The molecule has 1 amide bonds. The van der Waals surface area contributed by atoms with Crippen LogP contribution in [0.15, 0.2) is 84.9 Å². The second kappa shape index (κ2) is 11.4. The Balaban J connectivity index is 1.39. The predicted octanol–water partition coefficient (Wildman–Crippen LogP) is 7.00. The summed E-state index contributed by atoms with van der Waals surface area (Å²) in [6.07, 6.45) is 3.16. The first-order valence-corrected chi connectivity index (χ1v) is 12.5. The maximum Gasteiger partial charge on any atom is 0.254 e. The summed E-state index contributed by atoms with van der Waals surface area (Å²) < 4.78 is 8.12. The molecular formula is C31H36N2O2. The van der Waals surface area contributed by atoms with Gasteiger partial charge in [0.25, 0.3) is 5.91 Å². The third-order valence-corrected chi connectivity index (χ3v) is 6.66. The number of aromatic nitrogens is 1. The topological polar surface area (TPSA) is 43.3 Å². The van der Waals surface area contributed by atoms with Crippen molar-refractivity contribution in [1.82, 2.24) is 9.88 Å². The van der Waals surface area contributed by atoms with Crippen LogP contribution < -0.4 is 5.32 Å². The molecule has 1 N–H and O–H groups in total. The van der Waals surface area contributed by atoms with Gasteiger partial charge in [-0.1, -0.05) is 78.9 Å². The summed E-state index contributed by atoms with van der Waals surface area (Å²) in [6.45, 7) is 8.49. The number of aryl methyl sites for hydroxylation is 1. The minimum atomic E-state index is -0.465. The molecule has 0 atom stereocenters. The van der Waals surface area contributed by atoms with Crippen molar-refractivity contribution in [2.24, 2.45) is 0 Å². The van der Waals surface area contributed by atoms with Gasteiger partial charge in [0.15, 0.2) is 0 Å². The molecule has 0 saturated heterocycles. The molecular weight excluding hydrogens is 432 g/mol. The molecule has 0 unspecified atom stereocenters. The average molecular weight is 469 g/mol. The fourth-order valence-corrected chi connectivity index (χ4v) is 4.69. The highest BCUT2D eigenvalue weighted by Crippen LogP contribution is 2.28. The molecule has 0 saturated carbocycles. The van der Waals surface area contributed by atoms with Crippen LogP contribution in [0.25, 0.3) is 10.9 Å². The first-order chi connectivity index (χ1) is 17.0. The molecule has 0 spiro atoms. The van der Waals surface area contributed by atoms with E-state index in [1.165, 1.54) is 5.56 Å². The summed E-state index contributed by atoms with van der Waals surface area (Å²) in [5, 5.41) is 4.28. The first-order valence-electron chi connectivity index (χ1n) is 12.5. The van der Waals surface area contributed by atoms with Gasteiger partial charge in [0.05, 0.1) is 17.7 Å². The zero-order valence-corrected chi connectivity index (χ0v) is 21.1. The quantitative estimate of drug-likeness (QED) is 0.241. The van der Waals surface area contributed by atoms with Crippen LogP contribution in [0.1, 0.15) is 60.3 Å². The summed E-state index contributed by atoms with van der Waals surface area (Å²) in [4.78, 5) is 13.5. The maximum atomic E-state index is 13.5. The van der Waals surface area contributed by atoms with Gasteiger partial charge in [-0.25, -0.2) is 0 Å². The van der Waals surface area contributed by atoms with Gasteiger partial charge in [0, 0.05) is 29.7 Å². The van der Waals surface area contributed by atoms with Gasteiger partial charge in [-0.05, 0) is 57.2 Å². The molecule has 0 aliphatic heterocycles. The van der Waals surface area contributed by atoms with E-state index in [0.717, 1.165) is 60.1 Å². The van der Waals surface area contributed by atoms with Crippen molar-refractivity contribution in [2.45, 2.75) is 58.7 Å². The van der Waals surface area contributed by atoms with E-state index < -0.39 is 5.54 Å². The van der Waals surface area contributed by atoms with Crippen LogP contribution in [0, 0.1) is 6.92 Å². The zero-order chi connectivity index (χ0) is 24.7. The van der Waals surface area contributed by atoms with Crippen molar-refractivity contribution >= 4 is 16.8 Å². The monoisotopic (exact) mass is 468 g/mol. The molecule has 0 bridgehead atoms. The number of unbranched alkanes of at least 4 members (excludes halogenated alkanes) is 2. The number of amides is 1. The Morgan fingerprint density at radius 2 is 1.51 bits per heavy atom. The fraction of sp³-hybridized carbons (Fsp3) is 0.323. The number of benzene rings is 3. The Kier molecular flexibility index (Phi) is 8.04. The van der Waals surface area contributed by atoms with Crippen molar-refractivity contribution in [2.75, 3.05) is 6.61 Å². The zero-order valence-electron chi connectivity index (χ0n) is 21.1. The molecule has 3 aromatic carbocycles. The lowest BCUT2D eigenvalue weighted by molar-refractivity contribution is 0.0913. The van der Waals surface area contributed by atoms with Gasteiger partial charge < -0.3 is 14.6 Å². The molecule has 182 valence electrons. The Morgan fingerprint density at radius 3 is 2.26 bits per heavy atom. The van der Waals surface area contributed by atoms with E-state index in [2.05, 4.69) is 67.1 Å². The van der Waals surface area contributed by atoms with E-state index in [4.69, 9.17) is 4.74 Å². The molecule has 35 heavy (non-hydrogen) atoms. The third-order valence-electron chi connectivity index (χ3n) is 6.66. The van der Waals surface area contributed by atoms with Crippen molar-refractivity contribution in [3.05, 3.63) is 107 Å². The molecule has 1 heterocycles. The molecule has 0 aliphatic rings. The lowest BCUT2D eigenvalue weighted by Gasteiger charge is -2.27. The highest BCUT2D eigenvalue weighted by Gasteiger charge is 2.27. The van der Waals surface area contributed by atoms with Crippen molar-refractivity contribution in [3.63, 3.8) is 0 Å². The average Bonchev–Trinajstić information content (AvgIpc) is 3.15. The largest absolute Gasteiger partial charge is 0.377 e. The van der Waals surface area contributed by atoms with Crippen LogP contribution in [0.2, 0.25) is 0 Å². The highest BCUT2D eigenvalue weighted by molar-refractivity contribution is 6.08. The van der Waals surface area contributed by atoms with E-state index >= 15 is 0 Å². The summed E-state index contributed by atoms with van der Waals surface area (Å²) in [5.41, 5.74) is 4.75. The summed E-state index contributed by atoms with van der Waals surface area (Å²) in [5.74, 6) is -0.0272. The fourth-order valence-electron chi connectivity index (χ4n) is 4.69. The lowest BCUT2D eigenvalue weighted by atomic mass is 9.93. The Hall–Kier alpha value is -3.37. The summed E-state index contributed by atoms with van der Waals surface area (Å²) >= 11 is 0. The van der Waals surface area contributed by atoms with Gasteiger partial charge in [0.1, 0.15) is 0 Å². The number of ether oxygens (including phenoxy) is 1. The standard InChI is InChI=1S/C31H36N2O2/c1-24-29(30(34)32-31(2,3)26-17-9-5-10-18-26)27-19-11-12-20-28(27)33(24)21-13-6-14-22-35-23-25-15-7-4-8-16-25/h4-5,7-12,15-20H,6,13-14,21-23H2,1-3H3,(H,32,34). The van der Waals surface area contributed by atoms with Crippen molar-refractivity contribution in [3.8, 4) is 0 Å². The van der Waals surface area contributed by atoms with E-state index in [9.17, 15) is 4.79 Å². The van der Waals surface area contributed by atoms with E-state index in [-0.39, 0.29) is 5.91 Å². The minimum absolute atomic E-state index is 0.0272. The Bertz CT molecular complexity index is 1240. The summed E-state index contributed by atoms with van der Waals surface area (Å²) in [7, 11) is 0. The van der Waals surface area contributed by atoms with Crippen molar-refractivity contribution < 1.29 is 9.53 Å². The van der Waals surface area contributed by atoms with Gasteiger partial charge in [-0.15, -0.1) is 0 Å². The van der Waals surface area contributed by atoms with Crippen LogP contribution in [0.5, 0.6) is 0 Å². The van der Waals surface area contributed by atoms with Crippen LogP contribution in [-0.2, 0) is 23.4 Å². The Labute approximate surface area is 208 Å². The number of hydrogen-bond donors (Lipinski definition) is 1. The number of nitrogens with one attached hydrogen (secondary N) is 1. The second-order valence-corrected chi connectivity index (χ2v) is 9.67. The molecule has 0 aliphatic carbocycles. The number of rotatable bonds is 11. The minimum Gasteiger partial charge on any atom is -0.377 e. The first kappa shape index (κ1) is 24.7. The molecule has 1 aromatic heterocycles. The number of carbonyl (C=O) groups excluding carboxylic acids is 1. The van der Waals surface area contributed by atoms with E-state index in [1.807, 2.05) is 48.5 Å². The molecule has 4 aromatic rings. The summed E-state index contributed by atoms with van der Waals surface area (Å²) in [6, 6.07) is 28.6. The molecule has 4 rings (SSSR count). The van der Waals surface area contributed by atoms with Crippen LogP contribution in [0.4, 0.5) is 0 Å². The number of fused-ring (bicyclic) bond motifs is 1. The Morgan fingerprint density at radius 1 is 0.857 bits per heavy atom. The molecule has 0 fully saturated rings. The van der Waals surface area contributed by atoms with Gasteiger partial charge in [0.2, 0.25) is 0 Å². The van der Waals surface area contributed by atoms with Gasteiger partial charge in [-0.2, -0.15) is 0 Å². The van der Waals surface area contributed by atoms with Crippen molar-refractivity contribution in [1.29, 1.82) is 0 Å².